The lowest BCUT2D eigenvalue weighted by molar-refractivity contribution is -0.139. The molecule has 0 fully saturated rings. The Balaban J connectivity index is 2.65. The Morgan fingerprint density at radius 3 is 2.35 bits per heavy atom. The van der Waals surface area contributed by atoms with E-state index in [9.17, 15) is 13.8 Å². The summed E-state index contributed by atoms with van der Waals surface area (Å²) in [6.07, 6.45) is 1.54. The van der Waals surface area contributed by atoms with Gasteiger partial charge in [-0.2, -0.15) is 0 Å². The highest BCUT2D eigenvalue weighted by Crippen LogP contribution is 2.12. The Labute approximate surface area is 120 Å². The average molecular weight is 298 g/mol. The number of benzene rings is 1. The van der Waals surface area contributed by atoms with Gasteiger partial charge < -0.3 is 15.7 Å². The number of carbonyl (C=O) groups is 2. The normalized spacial score (nSPS) is 14.9. The van der Waals surface area contributed by atoms with Crippen molar-refractivity contribution < 1.29 is 18.9 Å². The summed E-state index contributed by atoms with van der Waals surface area (Å²) in [4.78, 5) is 22.9. The number of hydrogen-bond acceptors (Lipinski definition) is 3. The van der Waals surface area contributed by atoms with Gasteiger partial charge in [-0.1, -0.05) is 30.3 Å². The van der Waals surface area contributed by atoms with Gasteiger partial charge in [0, 0.05) is 28.9 Å². The molecular weight excluding hydrogens is 280 g/mol. The van der Waals surface area contributed by atoms with Crippen LogP contribution in [-0.2, 0) is 15.6 Å². The van der Waals surface area contributed by atoms with Crippen LogP contribution in [0, 0.1) is 0 Å². The predicted octanol–water partition coefficient (Wildman–Crippen LogP) is 0.879. The van der Waals surface area contributed by atoms with E-state index in [0.29, 0.717) is 11.3 Å². The Morgan fingerprint density at radius 1 is 1.25 bits per heavy atom. The first kappa shape index (κ1) is 16.2. The van der Waals surface area contributed by atoms with Gasteiger partial charge in [0.2, 0.25) is 0 Å². The summed E-state index contributed by atoms with van der Waals surface area (Å²) in [6.45, 7) is 1.71. The standard InChI is InChI=1S/C13H18N2O4S/c1-9(8-20(2)19)14-13(18)15-11(12(16)17)10-6-4-3-5-7-10/h3-7,9,11H,8H2,1-2H3,(H,16,17)(H2,14,15,18). The largest absolute Gasteiger partial charge is 0.479 e. The average Bonchev–Trinajstić information content (AvgIpc) is 2.35. The van der Waals surface area contributed by atoms with Gasteiger partial charge in [-0.25, -0.2) is 9.59 Å². The molecule has 1 rings (SSSR count). The molecule has 1 aromatic rings. The fourth-order valence-corrected chi connectivity index (χ4v) is 2.51. The molecule has 7 heteroatoms. The molecule has 0 saturated heterocycles. The SMILES string of the molecule is CC(CS(C)=O)NC(=O)NC(C(=O)O)c1ccccc1. The van der Waals surface area contributed by atoms with E-state index in [1.807, 2.05) is 0 Å². The van der Waals surface area contributed by atoms with Crippen molar-refractivity contribution in [1.29, 1.82) is 0 Å². The van der Waals surface area contributed by atoms with E-state index in [1.165, 1.54) is 0 Å². The van der Waals surface area contributed by atoms with Crippen LogP contribution in [0.15, 0.2) is 30.3 Å². The van der Waals surface area contributed by atoms with Crippen molar-refractivity contribution in [2.75, 3.05) is 12.0 Å². The number of carbonyl (C=O) groups excluding carboxylic acids is 1. The van der Waals surface area contributed by atoms with Crippen LogP contribution in [0.4, 0.5) is 4.79 Å². The fraction of sp³-hybridized carbons (Fsp3) is 0.385. The minimum Gasteiger partial charge on any atom is -0.479 e. The van der Waals surface area contributed by atoms with E-state index >= 15 is 0 Å². The molecule has 0 spiro atoms. The highest BCUT2D eigenvalue weighted by Gasteiger charge is 2.22. The fourth-order valence-electron chi connectivity index (χ4n) is 1.72. The van der Waals surface area contributed by atoms with Crippen LogP contribution in [0.3, 0.4) is 0 Å². The van der Waals surface area contributed by atoms with E-state index in [1.54, 1.807) is 43.5 Å². The number of nitrogens with one attached hydrogen (secondary N) is 2. The lowest BCUT2D eigenvalue weighted by atomic mass is 10.1. The zero-order chi connectivity index (χ0) is 15.1. The van der Waals surface area contributed by atoms with Crippen molar-refractivity contribution >= 4 is 22.8 Å². The van der Waals surface area contributed by atoms with E-state index in [-0.39, 0.29) is 6.04 Å². The summed E-state index contributed by atoms with van der Waals surface area (Å²) in [6, 6.07) is 6.41. The maximum Gasteiger partial charge on any atom is 0.330 e. The molecule has 1 aromatic carbocycles. The lowest BCUT2D eigenvalue weighted by Crippen LogP contribution is -2.45. The van der Waals surface area contributed by atoms with Crippen molar-refractivity contribution in [3.8, 4) is 0 Å². The van der Waals surface area contributed by atoms with Crippen molar-refractivity contribution in [2.24, 2.45) is 0 Å². The van der Waals surface area contributed by atoms with E-state index in [4.69, 9.17) is 5.11 Å². The molecule has 0 aliphatic heterocycles. The van der Waals surface area contributed by atoms with Crippen LogP contribution < -0.4 is 10.6 Å². The molecule has 0 heterocycles. The zero-order valence-corrected chi connectivity index (χ0v) is 12.1. The number of amides is 2. The van der Waals surface area contributed by atoms with Gasteiger partial charge in [-0.05, 0) is 12.5 Å². The summed E-state index contributed by atoms with van der Waals surface area (Å²) < 4.78 is 11.0. The van der Waals surface area contributed by atoms with E-state index < -0.39 is 28.8 Å². The molecule has 0 bridgehead atoms. The van der Waals surface area contributed by atoms with Crippen LogP contribution in [0.1, 0.15) is 18.5 Å². The maximum atomic E-state index is 11.7. The Hall–Kier alpha value is -1.89. The topological polar surface area (TPSA) is 95.5 Å². The van der Waals surface area contributed by atoms with Crippen LogP contribution in [-0.4, -0.2) is 39.4 Å². The smallest absolute Gasteiger partial charge is 0.330 e. The second-order valence-electron chi connectivity index (χ2n) is 4.44. The zero-order valence-electron chi connectivity index (χ0n) is 11.3. The van der Waals surface area contributed by atoms with Gasteiger partial charge in [0.15, 0.2) is 6.04 Å². The molecule has 3 unspecified atom stereocenters. The van der Waals surface area contributed by atoms with Crippen molar-refractivity contribution in [1.82, 2.24) is 10.6 Å². The van der Waals surface area contributed by atoms with Gasteiger partial charge >= 0.3 is 12.0 Å². The van der Waals surface area contributed by atoms with Crippen molar-refractivity contribution in [2.45, 2.75) is 19.0 Å². The first-order chi connectivity index (χ1) is 9.40. The van der Waals surface area contributed by atoms with Crippen LogP contribution in [0.2, 0.25) is 0 Å². The number of urea groups is 1. The molecule has 0 aliphatic rings. The summed E-state index contributed by atoms with van der Waals surface area (Å²) in [5.41, 5.74) is 0.488. The van der Waals surface area contributed by atoms with Gasteiger partial charge in [-0.15, -0.1) is 0 Å². The molecule has 20 heavy (non-hydrogen) atoms. The van der Waals surface area contributed by atoms with Gasteiger partial charge in [-0.3, -0.25) is 4.21 Å². The molecule has 3 N–H and O–H groups in total. The molecule has 110 valence electrons. The molecule has 0 aliphatic carbocycles. The summed E-state index contributed by atoms with van der Waals surface area (Å²) >= 11 is 0. The highest BCUT2D eigenvalue weighted by molar-refractivity contribution is 7.84. The lowest BCUT2D eigenvalue weighted by Gasteiger charge is -2.18. The number of aliphatic carboxylic acids is 1. The molecule has 0 saturated carbocycles. The number of carboxylic acid groups (broad SMARTS) is 1. The molecule has 0 radical (unpaired) electrons. The van der Waals surface area contributed by atoms with Crippen LogP contribution in [0.25, 0.3) is 0 Å². The third-order valence-electron chi connectivity index (χ3n) is 2.52. The number of carboxylic acids is 1. The summed E-state index contributed by atoms with van der Waals surface area (Å²) in [5.74, 6) is -0.825. The monoisotopic (exact) mass is 298 g/mol. The molecule has 6 nitrogen and oxygen atoms in total. The van der Waals surface area contributed by atoms with Gasteiger partial charge in [0.05, 0.1) is 0 Å². The van der Waals surface area contributed by atoms with Gasteiger partial charge in [0.25, 0.3) is 0 Å². The number of hydrogen-bond donors (Lipinski definition) is 3. The minimum atomic E-state index is -1.14. The Morgan fingerprint density at radius 2 is 1.85 bits per heavy atom. The van der Waals surface area contributed by atoms with E-state index in [2.05, 4.69) is 10.6 Å². The minimum absolute atomic E-state index is 0.300. The van der Waals surface area contributed by atoms with Crippen molar-refractivity contribution in [3.63, 3.8) is 0 Å². The van der Waals surface area contributed by atoms with Crippen LogP contribution in [0.5, 0.6) is 0 Å². The Kier molecular flexibility index (Phi) is 6.17. The summed E-state index contributed by atoms with van der Waals surface area (Å²) in [5, 5.41) is 14.1. The van der Waals surface area contributed by atoms with Crippen LogP contribution >= 0.6 is 0 Å². The second-order valence-corrected chi connectivity index (χ2v) is 5.92. The Bertz CT molecular complexity index is 492. The first-order valence-corrected chi connectivity index (χ1v) is 7.77. The maximum absolute atomic E-state index is 11.7. The third-order valence-corrected chi connectivity index (χ3v) is 3.49. The quantitative estimate of drug-likeness (QED) is 0.726. The van der Waals surface area contributed by atoms with Crippen molar-refractivity contribution in [3.05, 3.63) is 35.9 Å². The summed E-state index contributed by atoms with van der Waals surface area (Å²) in [7, 11) is -1.03. The van der Waals surface area contributed by atoms with Gasteiger partial charge in [0.1, 0.15) is 0 Å². The molecule has 3 atom stereocenters. The molecular formula is C13H18N2O4S. The number of rotatable bonds is 6. The molecule has 0 aromatic heterocycles. The second kappa shape index (κ2) is 7.64. The molecule has 2 amide bonds. The third kappa shape index (κ3) is 5.40. The first-order valence-electron chi connectivity index (χ1n) is 6.05. The van der Waals surface area contributed by atoms with E-state index in [0.717, 1.165) is 0 Å². The predicted molar refractivity (Wildman–Crippen MR) is 76.9 cm³/mol. The highest BCUT2D eigenvalue weighted by atomic mass is 32.2.